The predicted molar refractivity (Wildman–Crippen MR) is 134 cm³/mol. The molecule has 2 N–H and O–H groups in total. The molecule has 1 aromatic rings. The zero-order chi connectivity index (χ0) is 29.8. The standard InChI is InChI=1S/C25H25BrF5N5O4/c1-12(33-22(40)24(27,28)25(29,30)31)19(37)35(3)17(8-13-4-5-13)20(38)36-11-23(10-18(36)32-2)15-9-14(26)6-7-16(15)34-21(23)39/h6-7,9,12-13,17-18H,4-5,8,10-11H2,1,3H3,(H,33,40)(H,34,39)/t12-,17-,18-,23-/m0/s1. The Kier molecular flexibility index (Phi) is 7.63. The van der Waals surface area contributed by atoms with Gasteiger partial charge in [-0.05, 0) is 43.0 Å². The van der Waals surface area contributed by atoms with Crippen LogP contribution in [0.15, 0.2) is 22.7 Å². The number of amides is 4. The molecule has 0 bridgehead atoms. The zero-order valence-electron chi connectivity index (χ0n) is 21.3. The maximum Gasteiger partial charge on any atom is 0.463 e. The lowest BCUT2D eigenvalue weighted by Gasteiger charge is -2.33. The fourth-order valence-electron chi connectivity index (χ4n) is 5.19. The van der Waals surface area contributed by atoms with Crippen LogP contribution < -0.4 is 10.6 Å². The molecular formula is C25H25BrF5N5O4. The van der Waals surface area contributed by atoms with Gasteiger partial charge in [-0.15, -0.1) is 0 Å². The Labute approximate surface area is 234 Å². The van der Waals surface area contributed by atoms with Gasteiger partial charge in [0.25, 0.3) is 5.91 Å². The van der Waals surface area contributed by atoms with Gasteiger partial charge in [-0.25, -0.2) is 6.57 Å². The topological polar surface area (TPSA) is 103 Å². The van der Waals surface area contributed by atoms with Gasteiger partial charge in [0.2, 0.25) is 11.8 Å². The van der Waals surface area contributed by atoms with Crippen LogP contribution in [0.4, 0.5) is 27.6 Å². The van der Waals surface area contributed by atoms with Crippen LogP contribution in [0, 0.1) is 12.5 Å². The summed E-state index contributed by atoms with van der Waals surface area (Å²) in [5.41, 5.74) is -0.0459. The van der Waals surface area contributed by atoms with E-state index in [0.717, 1.165) is 24.7 Å². The number of rotatable bonds is 7. The summed E-state index contributed by atoms with van der Waals surface area (Å²) in [6.45, 7) is 8.49. The summed E-state index contributed by atoms with van der Waals surface area (Å²) in [5, 5.41) is 4.17. The molecule has 216 valence electrons. The van der Waals surface area contributed by atoms with Crippen LogP contribution in [0.5, 0.6) is 0 Å². The van der Waals surface area contributed by atoms with Gasteiger partial charge in [0.05, 0.1) is 6.42 Å². The Morgan fingerprint density at radius 3 is 2.50 bits per heavy atom. The SMILES string of the molecule is [C-]#[N+][C@@H]1C[C@@]2(CN1C(=O)[C@H](CC1CC1)N(C)C(=O)[C@H](C)NC(=O)C(F)(F)C(F)(F)F)C(=O)Nc1ccc(Br)cc12. The van der Waals surface area contributed by atoms with E-state index < -0.39 is 53.5 Å². The van der Waals surface area contributed by atoms with Crippen LogP contribution in [0.1, 0.15) is 38.2 Å². The van der Waals surface area contributed by atoms with Gasteiger partial charge >= 0.3 is 24.2 Å². The third kappa shape index (κ3) is 5.13. The van der Waals surface area contributed by atoms with E-state index in [2.05, 4.69) is 26.1 Å². The Bertz CT molecular complexity index is 1300. The van der Waals surface area contributed by atoms with Crippen molar-refractivity contribution in [2.24, 2.45) is 5.92 Å². The van der Waals surface area contributed by atoms with Crippen LogP contribution in [-0.4, -0.2) is 77.4 Å². The summed E-state index contributed by atoms with van der Waals surface area (Å²) in [6, 6.07) is 2.16. The molecule has 1 aromatic carbocycles. The summed E-state index contributed by atoms with van der Waals surface area (Å²) < 4.78 is 65.3. The molecule has 9 nitrogen and oxygen atoms in total. The number of likely N-dealkylation sites (N-methyl/N-ethyl adjacent to an activating group) is 1. The third-order valence-electron chi connectivity index (χ3n) is 7.66. The molecule has 1 saturated heterocycles. The molecule has 4 rings (SSSR count). The second kappa shape index (κ2) is 10.3. The first kappa shape index (κ1) is 29.7. The Hall–Kier alpha value is -3.28. The predicted octanol–water partition coefficient (Wildman–Crippen LogP) is 3.45. The van der Waals surface area contributed by atoms with E-state index in [1.807, 2.05) is 0 Å². The quantitative estimate of drug-likeness (QED) is 0.355. The van der Waals surface area contributed by atoms with E-state index in [9.17, 15) is 41.1 Å². The average molecular weight is 634 g/mol. The lowest BCUT2D eigenvalue weighted by Crippen LogP contribution is -2.58. The summed E-state index contributed by atoms with van der Waals surface area (Å²) >= 11 is 3.37. The molecule has 40 heavy (non-hydrogen) atoms. The molecule has 4 amide bonds. The van der Waals surface area contributed by atoms with Gasteiger partial charge in [0.1, 0.15) is 17.5 Å². The summed E-state index contributed by atoms with van der Waals surface area (Å²) in [5.74, 6) is -10.5. The van der Waals surface area contributed by atoms with E-state index in [1.165, 1.54) is 17.3 Å². The van der Waals surface area contributed by atoms with Crippen LogP contribution >= 0.6 is 15.9 Å². The normalized spacial score (nSPS) is 23.7. The van der Waals surface area contributed by atoms with E-state index in [1.54, 1.807) is 18.2 Å². The summed E-state index contributed by atoms with van der Waals surface area (Å²) in [6.07, 6.45) is -5.52. The van der Waals surface area contributed by atoms with Crippen molar-refractivity contribution in [1.82, 2.24) is 15.1 Å². The van der Waals surface area contributed by atoms with Gasteiger partial charge in [0, 0.05) is 23.8 Å². The van der Waals surface area contributed by atoms with Crippen molar-refractivity contribution in [1.29, 1.82) is 0 Å². The molecule has 2 fully saturated rings. The number of halogens is 6. The van der Waals surface area contributed by atoms with Gasteiger partial charge in [-0.2, -0.15) is 22.0 Å². The fraction of sp³-hybridized carbons (Fsp3) is 0.560. The minimum atomic E-state index is -6.16. The highest BCUT2D eigenvalue weighted by Crippen LogP contribution is 2.48. The van der Waals surface area contributed by atoms with E-state index in [0.29, 0.717) is 15.7 Å². The van der Waals surface area contributed by atoms with Crippen molar-refractivity contribution >= 4 is 45.2 Å². The number of carbonyl (C=O) groups is 4. The maximum atomic E-state index is 13.9. The summed E-state index contributed by atoms with van der Waals surface area (Å²) in [4.78, 5) is 57.4. The Morgan fingerprint density at radius 1 is 1.27 bits per heavy atom. The highest BCUT2D eigenvalue weighted by atomic mass is 79.9. The number of benzene rings is 1. The van der Waals surface area contributed by atoms with Crippen molar-refractivity contribution in [3.63, 3.8) is 0 Å². The van der Waals surface area contributed by atoms with Gasteiger partial charge in [-0.1, -0.05) is 28.8 Å². The van der Waals surface area contributed by atoms with Crippen molar-refractivity contribution in [3.05, 3.63) is 39.7 Å². The van der Waals surface area contributed by atoms with E-state index in [4.69, 9.17) is 6.57 Å². The lowest BCUT2D eigenvalue weighted by molar-refractivity contribution is -0.270. The fourth-order valence-corrected chi connectivity index (χ4v) is 5.55. The molecule has 15 heteroatoms. The molecule has 0 radical (unpaired) electrons. The molecule has 0 unspecified atom stereocenters. The minimum Gasteiger partial charge on any atom is -0.339 e. The molecule has 4 atom stereocenters. The molecule has 1 spiro atoms. The van der Waals surface area contributed by atoms with Crippen molar-refractivity contribution < 1.29 is 41.1 Å². The molecule has 0 aromatic heterocycles. The highest BCUT2D eigenvalue weighted by Gasteiger charge is 2.64. The number of nitrogens with zero attached hydrogens (tertiary/aromatic N) is 3. The number of hydrogen-bond donors (Lipinski definition) is 2. The minimum absolute atomic E-state index is 0.00429. The van der Waals surface area contributed by atoms with E-state index >= 15 is 0 Å². The number of alkyl halides is 5. The number of nitrogens with one attached hydrogen (secondary N) is 2. The molecule has 3 aliphatic rings. The first-order chi connectivity index (χ1) is 18.5. The third-order valence-corrected chi connectivity index (χ3v) is 8.15. The largest absolute Gasteiger partial charge is 0.463 e. The molecule has 2 aliphatic heterocycles. The van der Waals surface area contributed by atoms with Crippen LogP contribution in [0.3, 0.4) is 0 Å². The number of likely N-dealkylation sites (tertiary alicyclic amines) is 1. The first-order valence-electron chi connectivity index (χ1n) is 12.3. The monoisotopic (exact) mass is 633 g/mol. The van der Waals surface area contributed by atoms with Crippen LogP contribution in [-0.2, 0) is 24.6 Å². The number of anilines is 1. The second-order valence-corrected chi connectivity index (χ2v) is 11.3. The molecule has 1 aliphatic carbocycles. The van der Waals surface area contributed by atoms with Gasteiger partial charge < -0.3 is 15.5 Å². The van der Waals surface area contributed by atoms with Crippen molar-refractivity contribution in [3.8, 4) is 0 Å². The Balaban J connectivity index is 1.57. The van der Waals surface area contributed by atoms with Crippen LogP contribution in [0.25, 0.3) is 4.85 Å². The maximum absolute atomic E-state index is 13.9. The lowest BCUT2D eigenvalue weighted by atomic mass is 9.80. The molecule has 2 heterocycles. The number of carbonyl (C=O) groups excluding carboxylic acids is 4. The molecule has 1 saturated carbocycles. The summed E-state index contributed by atoms with van der Waals surface area (Å²) in [7, 11) is 1.19. The number of hydrogen-bond acceptors (Lipinski definition) is 4. The van der Waals surface area contributed by atoms with Gasteiger partial charge in [0.15, 0.2) is 0 Å². The average Bonchev–Trinajstić information content (AvgIpc) is 3.56. The zero-order valence-corrected chi connectivity index (χ0v) is 22.9. The van der Waals surface area contributed by atoms with E-state index in [-0.39, 0.29) is 31.2 Å². The van der Waals surface area contributed by atoms with Crippen molar-refractivity contribution in [2.75, 3.05) is 18.9 Å². The van der Waals surface area contributed by atoms with Crippen molar-refractivity contribution in [2.45, 2.75) is 68.4 Å². The van der Waals surface area contributed by atoms with Gasteiger partial charge in [-0.3, -0.25) is 28.9 Å². The Morgan fingerprint density at radius 2 is 1.93 bits per heavy atom. The molecular weight excluding hydrogens is 609 g/mol. The second-order valence-electron chi connectivity index (χ2n) is 10.4. The number of fused-ring (bicyclic) bond motifs is 2. The first-order valence-corrected chi connectivity index (χ1v) is 13.1. The van der Waals surface area contributed by atoms with Crippen LogP contribution in [0.2, 0.25) is 0 Å². The highest BCUT2D eigenvalue weighted by molar-refractivity contribution is 9.10. The smallest absolute Gasteiger partial charge is 0.339 e.